The summed E-state index contributed by atoms with van der Waals surface area (Å²) in [7, 11) is 2.26. The third kappa shape index (κ3) is 4.12. The van der Waals surface area contributed by atoms with Gasteiger partial charge in [-0.2, -0.15) is 0 Å². The van der Waals surface area contributed by atoms with Crippen molar-refractivity contribution < 1.29 is 5.11 Å². The fourth-order valence-corrected chi connectivity index (χ4v) is 2.94. The molecular formula is C13H27NO. The van der Waals surface area contributed by atoms with E-state index in [0.717, 1.165) is 31.3 Å². The number of hydrogen-bond acceptors (Lipinski definition) is 2. The summed E-state index contributed by atoms with van der Waals surface area (Å²) in [5, 5.41) is 8.76. The van der Waals surface area contributed by atoms with Gasteiger partial charge < -0.3 is 10.0 Å². The highest BCUT2D eigenvalue weighted by molar-refractivity contribution is 4.83. The summed E-state index contributed by atoms with van der Waals surface area (Å²) in [6.07, 6.45) is 9.06. The van der Waals surface area contributed by atoms with Crippen LogP contribution >= 0.6 is 0 Å². The molecule has 0 aromatic heterocycles. The molecule has 0 bridgehead atoms. The van der Waals surface area contributed by atoms with Crippen molar-refractivity contribution in [2.45, 2.75) is 57.9 Å². The smallest absolute Gasteiger partial charge is 0.0431 e. The molecule has 0 heterocycles. The first kappa shape index (κ1) is 13.0. The molecule has 2 heteroatoms. The molecule has 15 heavy (non-hydrogen) atoms. The van der Waals surface area contributed by atoms with Gasteiger partial charge in [0.2, 0.25) is 0 Å². The van der Waals surface area contributed by atoms with E-state index in [0.29, 0.717) is 6.61 Å². The van der Waals surface area contributed by atoms with Crippen LogP contribution in [0.1, 0.15) is 51.9 Å². The van der Waals surface area contributed by atoms with E-state index in [-0.39, 0.29) is 0 Å². The molecule has 2 unspecified atom stereocenters. The van der Waals surface area contributed by atoms with E-state index < -0.39 is 0 Å². The van der Waals surface area contributed by atoms with Crippen molar-refractivity contribution in [3.05, 3.63) is 0 Å². The first-order chi connectivity index (χ1) is 7.29. The molecule has 1 N–H and O–H groups in total. The van der Waals surface area contributed by atoms with Crippen LogP contribution in [0.25, 0.3) is 0 Å². The van der Waals surface area contributed by atoms with E-state index in [1.165, 1.54) is 32.1 Å². The van der Waals surface area contributed by atoms with Crippen LogP contribution < -0.4 is 0 Å². The second-order valence-corrected chi connectivity index (χ2v) is 4.96. The maximum atomic E-state index is 8.76. The molecule has 1 fully saturated rings. The first-order valence-corrected chi connectivity index (χ1v) is 6.60. The lowest BCUT2D eigenvalue weighted by molar-refractivity contribution is 0.181. The van der Waals surface area contributed by atoms with Crippen LogP contribution in [0.15, 0.2) is 0 Å². The lowest BCUT2D eigenvalue weighted by Crippen LogP contribution is -2.35. The Labute approximate surface area is 94.7 Å². The van der Waals surface area contributed by atoms with Gasteiger partial charge in [-0.05, 0) is 51.6 Å². The van der Waals surface area contributed by atoms with E-state index in [1.54, 1.807) is 0 Å². The third-order valence-electron chi connectivity index (χ3n) is 3.76. The summed E-state index contributed by atoms with van der Waals surface area (Å²) >= 11 is 0. The normalized spacial score (nSPS) is 26.4. The molecule has 2 atom stereocenters. The molecule has 0 spiro atoms. The molecule has 1 aliphatic rings. The summed E-state index contributed by atoms with van der Waals surface area (Å²) in [6, 6.07) is 0.823. The van der Waals surface area contributed by atoms with Crippen molar-refractivity contribution in [1.82, 2.24) is 4.90 Å². The molecule has 90 valence electrons. The Kier molecular flexibility index (Phi) is 6.26. The standard InChI is InChI=1S/C13H27NO/c1-3-7-12-8-6-9-13(12)14(2)10-4-5-11-15/h12-13,15H,3-11H2,1-2H3. The maximum absolute atomic E-state index is 8.76. The molecule has 2 nitrogen and oxygen atoms in total. The Bertz CT molecular complexity index is 161. The minimum atomic E-state index is 0.344. The number of nitrogens with zero attached hydrogens (tertiary/aromatic N) is 1. The Morgan fingerprint density at radius 3 is 2.73 bits per heavy atom. The van der Waals surface area contributed by atoms with Gasteiger partial charge in [-0.1, -0.05) is 19.8 Å². The van der Waals surface area contributed by atoms with Crippen LogP contribution in [0.3, 0.4) is 0 Å². The lowest BCUT2D eigenvalue weighted by Gasteiger charge is -2.29. The molecule has 1 rings (SSSR count). The summed E-state index contributed by atoms with van der Waals surface area (Å²) in [4.78, 5) is 2.53. The van der Waals surface area contributed by atoms with Gasteiger partial charge in [0.1, 0.15) is 0 Å². The van der Waals surface area contributed by atoms with Gasteiger partial charge in [0, 0.05) is 12.6 Å². The molecule has 0 aliphatic heterocycles. The summed E-state index contributed by atoms with van der Waals surface area (Å²) < 4.78 is 0. The zero-order valence-corrected chi connectivity index (χ0v) is 10.4. The molecule has 1 aliphatic carbocycles. The van der Waals surface area contributed by atoms with Crippen LogP contribution in [0.4, 0.5) is 0 Å². The summed E-state index contributed by atoms with van der Waals surface area (Å²) in [6.45, 7) is 3.80. The number of unbranched alkanes of at least 4 members (excludes halogenated alkanes) is 1. The fourth-order valence-electron chi connectivity index (χ4n) is 2.94. The quantitative estimate of drug-likeness (QED) is 0.657. The van der Waals surface area contributed by atoms with Crippen molar-refractivity contribution in [3.8, 4) is 0 Å². The van der Waals surface area contributed by atoms with Gasteiger partial charge in [-0.15, -0.1) is 0 Å². The van der Waals surface area contributed by atoms with Crippen LogP contribution in [0.5, 0.6) is 0 Å². The van der Waals surface area contributed by atoms with Crippen LogP contribution in [-0.2, 0) is 0 Å². The van der Waals surface area contributed by atoms with Gasteiger partial charge >= 0.3 is 0 Å². The molecule has 0 aromatic rings. The minimum Gasteiger partial charge on any atom is -0.396 e. The maximum Gasteiger partial charge on any atom is 0.0431 e. The Morgan fingerprint density at radius 2 is 2.07 bits per heavy atom. The van der Waals surface area contributed by atoms with Gasteiger partial charge in [0.05, 0.1) is 0 Å². The van der Waals surface area contributed by atoms with E-state index in [2.05, 4.69) is 18.9 Å². The van der Waals surface area contributed by atoms with Gasteiger partial charge in [0.15, 0.2) is 0 Å². The number of rotatable bonds is 7. The van der Waals surface area contributed by atoms with Gasteiger partial charge in [-0.3, -0.25) is 0 Å². The van der Waals surface area contributed by atoms with E-state index in [9.17, 15) is 0 Å². The number of hydrogen-bond donors (Lipinski definition) is 1. The van der Waals surface area contributed by atoms with E-state index >= 15 is 0 Å². The number of aliphatic hydroxyl groups is 1. The van der Waals surface area contributed by atoms with Crippen molar-refractivity contribution in [2.75, 3.05) is 20.2 Å². The molecule has 0 radical (unpaired) electrons. The summed E-state index contributed by atoms with van der Waals surface area (Å²) in [5.41, 5.74) is 0. The third-order valence-corrected chi connectivity index (χ3v) is 3.76. The Balaban J connectivity index is 2.26. The van der Waals surface area contributed by atoms with Crippen molar-refractivity contribution in [2.24, 2.45) is 5.92 Å². The van der Waals surface area contributed by atoms with Gasteiger partial charge in [0.25, 0.3) is 0 Å². The predicted molar refractivity (Wildman–Crippen MR) is 65.0 cm³/mol. The van der Waals surface area contributed by atoms with Crippen LogP contribution in [0.2, 0.25) is 0 Å². The van der Waals surface area contributed by atoms with E-state index in [4.69, 9.17) is 5.11 Å². The fraction of sp³-hybridized carbons (Fsp3) is 1.00. The Hall–Kier alpha value is -0.0800. The predicted octanol–water partition coefficient (Wildman–Crippen LogP) is 2.66. The zero-order valence-electron chi connectivity index (χ0n) is 10.4. The van der Waals surface area contributed by atoms with Crippen molar-refractivity contribution >= 4 is 0 Å². The van der Waals surface area contributed by atoms with Crippen molar-refractivity contribution in [3.63, 3.8) is 0 Å². The van der Waals surface area contributed by atoms with Gasteiger partial charge in [-0.25, -0.2) is 0 Å². The van der Waals surface area contributed by atoms with E-state index in [1.807, 2.05) is 0 Å². The molecule has 1 saturated carbocycles. The molecular weight excluding hydrogens is 186 g/mol. The molecule has 0 saturated heterocycles. The summed E-state index contributed by atoms with van der Waals surface area (Å²) in [5.74, 6) is 0.939. The number of aliphatic hydroxyl groups excluding tert-OH is 1. The highest BCUT2D eigenvalue weighted by atomic mass is 16.2. The second kappa shape index (κ2) is 7.24. The molecule has 0 aromatic carbocycles. The highest BCUT2D eigenvalue weighted by Gasteiger charge is 2.28. The second-order valence-electron chi connectivity index (χ2n) is 4.96. The zero-order chi connectivity index (χ0) is 11.1. The van der Waals surface area contributed by atoms with Crippen LogP contribution in [-0.4, -0.2) is 36.2 Å². The Morgan fingerprint density at radius 1 is 1.27 bits per heavy atom. The molecule has 0 amide bonds. The average Bonchev–Trinajstić information content (AvgIpc) is 2.67. The minimum absolute atomic E-state index is 0.344. The first-order valence-electron chi connectivity index (χ1n) is 6.60. The van der Waals surface area contributed by atoms with Crippen LogP contribution in [0, 0.1) is 5.92 Å². The topological polar surface area (TPSA) is 23.5 Å². The van der Waals surface area contributed by atoms with Crippen molar-refractivity contribution in [1.29, 1.82) is 0 Å². The largest absolute Gasteiger partial charge is 0.396 e. The lowest BCUT2D eigenvalue weighted by atomic mass is 9.97. The highest BCUT2D eigenvalue weighted by Crippen LogP contribution is 2.32. The monoisotopic (exact) mass is 213 g/mol. The SMILES string of the molecule is CCCC1CCCC1N(C)CCCCO. The average molecular weight is 213 g/mol.